The SMILES string of the molecule is Cc1cccc(C)c1NC(=O)C[NH+](C)[C@@H](C)C(=O)Nc1ccc(S(N)(=O)=O)cc1. The molecule has 1 unspecified atom stereocenters. The van der Waals surface area contributed by atoms with Crippen molar-refractivity contribution in [3.8, 4) is 0 Å². The Morgan fingerprint density at radius 3 is 2.10 bits per heavy atom. The third-order valence-corrected chi connectivity index (χ3v) is 5.70. The molecule has 8 nitrogen and oxygen atoms in total. The van der Waals surface area contributed by atoms with Gasteiger partial charge in [0.15, 0.2) is 12.6 Å². The van der Waals surface area contributed by atoms with E-state index in [2.05, 4.69) is 10.6 Å². The number of sulfonamides is 1. The molecular formula is C20H27N4O4S+. The summed E-state index contributed by atoms with van der Waals surface area (Å²) in [6, 6.07) is 10.9. The van der Waals surface area contributed by atoms with Crippen LogP contribution in [0.2, 0.25) is 0 Å². The third-order valence-electron chi connectivity index (χ3n) is 4.77. The largest absolute Gasteiger partial charge is 0.321 e. The molecule has 0 aliphatic carbocycles. The average Bonchev–Trinajstić information content (AvgIpc) is 2.63. The van der Waals surface area contributed by atoms with Crippen molar-refractivity contribution < 1.29 is 22.9 Å². The minimum Gasteiger partial charge on any atom is -0.321 e. The highest BCUT2D eigenvalue weighted by atomic mass is 32.2. The molecule has 0 spiro atoms. The number of hydrogen-bond donors (Lipinski definition) is 4. The van der Waals surface area contributed by atoms with Crippen molar-refractivity contribution >= 4 is 33.2 Å². The molecule has 0 saturated heterocycles. The van der Waals surface area contributed by atoms with Crippen LogP contribution in [-0.4, -0.2) is 39.9 Å². The second kappa shape index (κ2) is 9.17. The van der Waals surface area contributed by atoms with Crippen molar-refractivity contribution in [3.63, 3.8) is 0 Å². The van der Waals surface area contributed by atoms with Gasteiger partial charge in [0.05, 0.1) is 11.9 Å². The first-order valence-electron chi connectivity index (χ1n) is 9.11. The van der Waals surface area contributed by atoms with E-state index in [0.29, 0.717) is 10.6 Å². The van der Waals surface area contributed by atoms with Crippen LogP contribution < -0.4 is 20.7 Å². The van der Waals surface area contributed by atoms with Crippen molar-refractivity contribution in [2.45, 2.75) is 31.7 Å². The van der Waals surface area contributed by atoms with Crippen LogP contribution in [-0.2, 0) is 19.6 Å². The predicted octanol–water partition coefficient (Wildman–Crippen LogP) is 0.431. The number of hydrogen-bond acceptors (Lipinski definition) is 4. The lowest BCUT2D eigenvalue weighted by atomic mass is 10.1. The third kappa shape index (κ3) is 6.11. The maximum Gasteiger partial charge on any atom is 0.282 e. The number of anilines is 2. The molecule has 0 aliphatic rings. The van der Waals surface area contributed by atoms with Crippen LogP contribution in [0.4, 0.5) is 11.4 Å². The molecule has 0 saturated carbocycles. The van der Waals surface area contributed by atoms with Gasteiger partial charge < -0.3 is 15.5 Å². The van der Waals surface area contributed by atoms with E-state index in [9.17, 15) is 18.0 Å². The number of quaternary nitrogens is 1. The summed E-state index contributed by atoms with van der Waals surface area (Å²) >= 11 is 0. The first-order valence-corrected chi connectivity index (χ1v) is 10.7. The molecule has 9 heteroatoms. The monoisotopic (exact) mass is 419 g/mol. The van der Waals surface area contributed by atoms with Crippen molar-refractivity contribution in [2.75, 3.05) is 24.2 Å². The Hall–Kier alpha value is -2.75. The van der Waals surface area contributed by atoms with E-state index in [0.717, 1.165) is 16.8 Å². The first kappa shape index (κ1) is 22.5. The van der Waals surface area contributed by atoms with E-state index < -0.39 is 16.1 Å². The zero-order chi connectivity index (χ0) is 21.8. The number of carbonyl (C=O) groups excluding carboxylic acids is 2. The number of amides is 2. The second-order valence-electron chi connectivity index (χ2n) is 7.12. The summed E-state index contributed by atoms with van der Waals surface area (Å²) in [6.45, 7) is 5.69. The highest BCUT2D eigenvalue weighted by molar-refractivity contribution is 7.89. The van der Waals surface area contributed by atoms with E-state index in [1.54, 1.807) is 14.0 Å². The Kier molecular flexibility index (Phi) is 7.12. The van der Waals surface area contributed by atoms with Gasteiger partial charge in [-0.2, -0.15) is 0 Å². The van der Waals surface area contributed by atoms with Crippen molar-refractivity contribution in [3.05, 3.63) is 53.6 Å². The molecular weight excluding hydrogens is 392 g/mol. The van der Waals surface area contributed by atoms with E-state index in [1.165, 1.54) is 24.3 Å². The molecule has 29 heavy (non-hydrogen) atoms. The number of aryl methyl sites for hydroxylation is 2. The van der Waals surface area contributed by atoms with Crippen LogP contribution in [0.1, 0.15) is 18.1 Å². The van der Waals surface area contributed by atoms with Gasteiger partial charge in [0.2, 0.25) is 10.0 Å². The van der Waals surface area contributed by atoms with E-state index in [4.69, 9.17) is 5.14 Å². The first-order chi connectivity index (χ1) is 13.5. The standard InChI is InChI=1S/C20H26N4O4S/c1-13-6-5-7-14(2)19(13)23-18(25)12-24(4)15(3)20(26)22-16-8-10-17(11-9-16)29(21,27)28/h5-11,15H,12H2,1-4H3,(H,22,26)(H,23,25)(H2,21,27,28)/p+1/t15-/m0/s1. The van der Waals surface area contributed by atoms with Crippen LogP contribution in [0.5, 0.6) is 0 Å². The average molecular weight is 420 g/mol. The maximum absolute atomic E-state index is 12.5. The topological polar surface area (TPSA) is 123 Å². The van der Waals surface area contributed by atoms with Crippen LogP contribution in [0, 0.1) is 13.8 Å². The van der Waals surface area contributed by atoms with Crippen LogP contribution >= 0.6 is 0 Å². The number of para-hydroxylation sites is 1. The highest BCUT2D eigenvalue weighted by Gasteiger charge is 2.24. The van der Waals surface area contributed by atoms with Crippen LogP contribution in [0.3, 0.4) is 0 Å². The van der Waals surface area contributed by atoms with Gasteiger partial charge in [0.1, 0.15) is 0 Å². The smallest absolute Gasteiger partial charge is 0.282 e. The molecule has 0 fully saturated rings. The number of nitrogens with one attached hydrogen (secondary N) is 3. The fourth-order valence-electron chi connectivity index (χ4n) is 2.80. The zero-order valence-corrected chi connectivity index (χ0v) is 17.8. The Morgan fingerprint density at radius 1 is 1.03 bits per heavy atom. The normalized spacial score (nSPS) is 13.4. The van der Waals surface area contributed by atoms with Crippen molar-refractivity contribution in [1.82, 2.24) is 0 Å². The number of nitrogens with two attached hydrogens (primary N) is 1. The molecule has 2 aromatic carbocycles. The number of primary sulfonamides is 1. The van der Waals surface area contributed by atoms with Gasteiger partial charge in [0.25, 0.3) is 11.8 Å². The summed E-state index contributed by atoms with van der Waals surface area (Å²) in [4.78, 5) is 25.6. The van der Waals surface area contributed by atoms with Gasteiger partial charge in [-0.3, -0.25) is 9.59 Å². The number of likely N-dealkylation sites (N-methyl/N-ethyl adjacent to an activating group) is 1. The number of carbonyl (C=O) groups is 2. The van der Waals surface area contributed by atoms with Crippen molar-refractivity contribution in [2.24, 2.45) is 5.14 Å². The molecule has 2 atom stereocenters. The molecule has 0 aromatic heterocycles. The summed E-state index contributed by atoms with van der Waals surface area (Å²) < 4.78 is 22.6. The molecule has 2 amide bonds. The second-order valence-corrected chi connectivity index (χ2v) is 8.68. The fourth-order valence-corrected chi connectivity index (χ4v) is 3.32. The quantitative estimate of drug-likeness (QED) is 0.520. The van der Waals surface area contributed by atoms with E-state index in [-0.39, 0.29) is 23.3 Å². The Balaban J connectivity index is 1.95. The minimum atomic E-state index is -3.78. The summed E-state index contributed by atoms with van der Waals surface area (Å²) in [7, 11) is -2.02. The summed E-state index contributed by atoms with van der Waals surface area (Å²) in [5.41, 5.74) is 3.19. The molecule has 0 radical (unpaired) electrons. The Morgan fingerprint density at radius 2 is 1.59 bits per heavy atom. The highest BCUT2D eigenvalue weighted by Crippen LogP contribution is 2.19. The Labute approximate surface area is 171 Å². The summed E-state index contributed by atoms with van der Waals surface area (Å²) in [5.74, 6) is -0.470. The molecule has 156 valence electrons. The molecule has 0 heterocycles. The predicted molar refractivity (Wildman–Crippen MR) is 112 cm³/mol. The summed E-state index contributed by atoms with van der Waals surface area (Å²) in [5, 5.41) is 10.7. The van der Waals surface area contributed by atoms with Gasteiger partial charge in [-0.1, -0.05) is 18.2 Å². The Bertz CT molecular complexity index is 983. The van der Waals surface area contributed by atoms with Gasteiger partial charge in [-0.25, -0.2) is 13.6 Å². The number of rotatable bonds is 7. The minimum absolute atomic E-state index is 0.0329. The molecule has 5 N–H and O–H groups in total. The molecule has 2 rings (SSSR count). The van der Waals surface area contributed by atoms with Gasteiger partial charge >= 0.3 is 0 Å². The van der Waals surface area contributed by atoms with Gasteiger partial charge in [-0.15, -0.1) is 0 Å². The van der Waals surface area contributed by atoms with E-state index >= 15 is 0 Å². The lowest BCUT2D eigenvalue weighted by Crippen LogP contribution is -3.14. The van der Waals surface area contributed by atoms with E-state index in [1.807, 2.05) is 32.0 Å². The lowest BCUT2D eigenvalue weighted by molar-refractivity contribution is -0.885. The van der Waals surface area contributed by atoms with Crippen LogP contribution in [0.25, 0.3) is 0 Å². The fraction of sp³-hybridized carbons (Fsp3) is 0.300. The lowest BCUT2D eigenvalue weighted by Gasteiger charge is -2.21. The van der Waals surface area contributed by atoms with Crippen LogP contribution in [0.15, 0.2) is 47.4 Å². The molecule has 2 aromatic rings. The number of benzene rings is 2. The summed E-state index contributed by atoms with van der Waals surface area (Å²) in [6.07, 6.45) is 0. The van der Waals surface area contributed by atoms with Crippen molar-refractivity contribution in [1.29, 1.82) is 0 Å². The molecule has 0 bridgehead atoms. The molecule has 0 aliphatic heterocycles. The maximum atomic E-state index is 12.5. The van der Waals surface area contributed by atoms with Gasteiger partial charge in [-0.05, 0) is 56.2 Å². The van der Waals surface area contributed by atoms with Gasteiger partial charge in [0, 0.05) is 11.4 Å². The zero-order valence-electron chi connectivity index (χ0n) is 16.9.